The van der Waals surface area contributed by atoms with Crippen LogP contribution in [0, 0.1) is 20.9 Å². The molecule has 166 valence electrons. The standard InChI is InChI=1S/C24H24N2O6/c1-22(2)8-15(27)19-17(10-22)32-18-11-23(3,4)9-16(28)20(18)24(19)13-7-12(26(30)31)5-6-14(13)25-21(24)29/h5-7H,8-11H2,1-4H3,(H,25,29). The van der Waals surface area contributed by atoms with Gasteiger partial charge in [-0.2, -0.15) is 0 Å². The van der Waals surface area contributed by atoms with Crippen molar-refractivity contribution in [3.05, 3.63) is 56.5 Å². The van der Waals surface area contributed by atoms with E-state index in [4.69, 9.17) is 4.74 Å². The molecule has 1 amide bonds. The summed E-state index contributed by atoms with van der Waals surface area (Å²) in [6.45, 7) is 7.83. The second-order valence-corrected chi connectivity index (χ2v) is 10.8. The lowest BCUT2D eigenvalue weighted by molar-refractivity contribution is -0.384. The van der Waals surface area contributed by atoms with Crippen molar-refractivity contribution < 1.29 is 24.0 Å². The van der Waals surface area contributed by atoms with Crippen LogP contribution in [0.25, 0.3) is 0 Å². The normalized spacial score (nSPS) is 24.6. The van der Waals surface area contributed by atoms with Crippen molar-refractivity contribution in [2.45, 2.75) is 58.8 Å². The molecule has 1 N–H and O–H groups in total. The largest absolute Gasteiger partial charge is 0.465 e. The molecule has 0 aromatic heterocycles. The first-order chi connectivity index (χ1) is 14.9. The lowest BCUT2D eigenvalue weighted by atomic mass is 9.58. The highest BCUT2D eigenvalue weighted by Crippen LogP contribution is 2.59. The maximum Gasteiger partial charge on any atom is 0.269 e. The second kappa shape index (κ2) is 6.15. The van der Waals surface area contributed by atoms with Gasteiger partial charge in [-0.05, 0) is 16.9 Å². The number of nitro groups is 1. The van der Waals surface area contributed by atoms with Crippen molar-refractivity contribution in [2.24, 2.45) is 10.8 Å². The van der Waals surface area contributed by atoms with Crippen LogP contribution in [0.2, 0.25) is 0 Å². The molecule has 0 saturated carbocycles. The summed E-state index contributed by atoms with van der Waals surface area (Å²) in [6.07, 6.45) is 1.24. The molecule has 0 saturated heterocycles. The fraction of sp³-hybridized carbons (Fsp3) is 0.458. The number of allylic oxidation sites excluding steroid dienone is 2. The van der Waals surface area contributed by atoms with E-state index >= 15 is 0 Å². The van der Waals surface area contributed by atoms with Gasteiger partial charge < -0.3 is 10.1 Å². The fourth-order valence-electron chi connectivity index (χ4n) is 5.71. The van der Waals surface area contributed by atoms with Crippen LogP contribution in [0.3, 0.4) is 0 Å². The van der Waals surface area contributed by atoms with Gasteiger partial charge in [0.05, 0.1) is 16.1 Å². The number of hydrogen-bond donors (Lipinski definition) is 1. The minimum atomic E-state index is -1.72. The molecule has 2 aliphatic carbocycles. The molecule has 0 unspecified atom stereocenters. The van der Waals surface area contributed by atoms with E-state index in [1.807, 2.05) is 27.7 Å². The highest BCUT2D eigenvalue weighted by Gasteiger charge is 2.63. The number of nitrogens with one attached hydrogen (secondary N) is 1. The van der Waals surface area contributed by atoms with Gasteiger partial charge in [0.15, 0.2) is 11.6 Å². The Morgan fingerprint density at radius 1 is 0.906 bits per heavy atom. The number of rotatable bonds is 1. The highest BCUT2D eigenvalue weighted by molar-refractivity contribution is 6.23. The summed E-state index contributed by atoms with van der Waals surface area (Å²) in [5.74, 6) is -0.280. The fourth-order valence-corrected chi connectivity index (χ4v) is 5.71. The monoisotopic (exact) mass is 436 g/mol. The first-order valence-electron chi connectivity index (χ1n) is 10.7. The summed E-state index contributed by atoms with van der Waals surface area (Å²) in [4.78, 5) is 51.7. The van der Waals surface area contributed by atoms with E-state index in [1.54, 1.807) is 0 Å². The average Bonchev–Trinajstić information content (AvgIpc) is 2.90. The first-order valence-corrected chi connectivity index (χ1v) is 10.7. The van der Waals surface area contributed by atoms with Crippen molar-refractivity contribution in [1.82, 2.24) is 0 Å². The number of nitrogens with zero attached hydrogens (tertiary/aromatic N) is 1. The van der Waals surface area contributed by atoms with Crippen LogP contribution in [0.15, 0.2) is 40.9 Å². The van der Waals surface area contributed by atoms with Crippen molar-refractivity contribution in [1.29, 1.82) is 0 Å². The maximum absolute atomic E-state index is 13.7. The Hall–Kier alpha value is -3.29. The molecular formula is C24H24N2O6. The Labute approximate surface area is 184 Å². The Kier molecular flexibility index (Phi) is 3.96. The number of benzene rings is 1. The summed E-state index contributed by atoms with van der Waals surface area (Å²) < 4.78 is 6.24. The number of ketones is 2. The molecule has 0 fully saturated rings. The van der Waals surface area contributed by atoms with Crippen LogP contribution in [0.5, 0.6) is 0 Å². The van der Waals surface area contributed by atoms with E-state index in [1.165, 1.54) is 18.2 Å². The predicted octanol–water partition coefficient (Wildman–Crippen LogP) is 4.10. The SMILES string of the molecule is CC1(C)CC(=O)C2=C(C1)OC1=C(C(=O)CC(C)(C)C1)C21C(=O)Nc2ccc([N+](=O)[O-])cc21. The highest BCUT2D eigenvalue weighted by atomic mass is 16.6. The molecule has 2 aliphatic heterocycles. The quantitative estimate of drug-likeness (QED) is 0.523. The number of carbonyl (C=O) groups is 3. The van der Waals surface area contributed by atoms with Crippen molar-refractivity contribution in [2.75, 3.05) is 5.32 Å². The van der Waals surface area contributed by atoms with E-state index in [2.05, 4.69) is 5.32 Å². The van der Waals surface area contributed by atoms with Crippen LogP contribution in [0.1, 0.15) is 58.9 Å². The van der Waals surface area contributed by atoms with Gasteiger partial charge in [0, 0.05) is 49.1 Å². The summed E-state index contributed by atoms with van der Waals surface area (Å²) in [5, 5.41) is 14.3. The molecule has 1 aromatic rings. The molecule has 0 bridgehead atoms. The Morgan fingerprint density at radius 2 is 1.44 bits per heavy atom. The molecule has 0 atom stereocenters. The number of hydrogen-bond acceptors (Lipinski definition) is 6. The molecule has 1 aromatic carbocycles. The van der Waals surface area contributed by atoms with E-state index in [-0.39, 0.29) is 57.6 Å². The molecule has 1 spiro atoms. The zero-order chi connectivity index (χ0) is 23.2. The van der Waals surface area contributed by atoms with E-state index in [0.717, 1.165) is 0 Å². The number of non-ortho nitro benzene ring substituents is 1. The number of Topliss-reactive ketones (excluding diaryl/α,β-unsaturated/α-hetero) is 2. The van der Waals surface area contributed by atoms with Gasteiger partial charge >= 0.3 is 0 Å². The van der Waals surface area contributed by atoms with Crippen LogP contribution in [-0.2, 0) is 24.5 Å². The Balaban J connectivity index is 1.87. The summed E-state index contributed by atoms with van der Waals surface area (Å²) in [6, 6.07) is 4.08. The number of nitro benzene ring substituents is 1. The first kappa shape index (κ1) is 20.6. The summed E-state index contributed by atoms with van der Waals surface area (Å²) in [5.41, 5.74) is -1.71. The van der Waals surface area contributed by atoms with Crippen LogP contribution in [0.4, 0.5) is 11.4 Å². The lowest BCUT2D eigenvalue weighted by Gasteiger charge is -2.46. The lowest BCUT2D eigenvalue weighted by Crippen LogP contribution is -2.51. The zero-order valence-corrected chi connectivity index (χ0v) is 18.5. The predicted molar refractivity (Wildman–Crippen MR) is 115 cm³/mol. The third-order valence-corrected chi connectivity index (χ3v) is 6.87. The van der Waals surface area contributed by atoms with Gasteiger partial charge in [-0.25, -0.2) is 0 Å². The third-order valence-electron chi connectivity index (χ3n) is 6.87. The molecule has 8 nitrogen and oxygen atoms in total. The van der Waals surface area contributed by atoms with E-state index < -0.39 is 16.2 Å². The van der Waals surface area contributed by atoms with Gasteiger partial charge in [-0.1, -0.05) is 27.7 Å². The average molecular weight is 436 g/mol. The van der Waals surface area contributed by atoms with Gasteiger partial charge in [0.1, 0.15) is 16.9 Å². The van der Waals surface area contributed by atoms with Gasteiger partial charge in [0.25, 0.3) is 5.69 Å². The summed E-state index contributed by atoms with van der Waals surface area (Å²) in [7, 11) is 0. The molecule has 0 radical (unpaired) electrons. The number of anilines is 1. The smallest absolute Gasteiger partial charge is 0.269 e. The molecule has 8 heteroatoms. The Morgan fingerprint density at radius 3 is 1.94 bits per heavy atom. The molecule has 5 rings (SSSR count). The minimum Gasteiger partial charge on any atom is -0.465 e. The summed E-state index contributed by atoms with van der Waals surface area (Å²) >= 11 is 0. The van der Waals surface area contributed by atoms with Crippen molar-refractivity contribution >= 4 is 28.8 Å². The Bertz CT molecular complexity index is 1160. The number of carbonyl (C=O) groups excluding carboxylic acids is 3. The van der Waals surface area contributed by atoms with Crippen LogP contribution in [-0.4, -0.2) is 22.4 Å². The van der Waals surface area contributed by atoms with Gasteiger partial charge in [0.2, 0.25) is 5.91 Å². The van der Waals surface area contributed by atoms with E-state index in [9.17, 15) is 24.5 Å². The second-order valence-electron chi connectivity index (χ2n) is 10.8. The van der Waals surface area contributed by atoms with Crippen LogP contribution < -0.4 is 5.32 Å². The molecule has 4 aliphatic rings. The maximum atomic E-state index is 13.7. The minimum absolute atomic E-state index is 0.153. The van der Waals surface area contributed by atoms with Gasteiger partial charge in [-0.15, -0.1) is 0 Å². The third kappa shape index (κ3) is 2.64. The van der Waals surface area contributed by atoms with Crippen molar-refractivity contribution in [3.63, 3.8) is 0 Å². The van der Waals surface area contributed by atoms with E-state index in [0.29, 0.717) is 30.0 Å². The van der Waals surface area contributed by atoms with Crippen LogP contribution >= 0.6 is 0 Å². The van der Waals surface area contributed by atoms with Gasteiger partial charge in [-0.3, -0.25) is 24.5 Å². The number of amides is 1. The zero-order valence-electron chi connectivity index (χ0n) is 18.5. The number of ether oxygens (including phenoxy) is 1. The number of fused-ring (bicyclic) bond motifs is 4. The molecular weight excluding hydrogens is 412 g/mol. The topological polar surface area (TPSA) is 116 Å². The van der Waals surface area contributed by atoms with Crippen molar-refractivity contribution in [3.8, 4) is 0 Å². The molecule has 32 heavy (non-hydrogen) atoms. The molecule has 2 heterocycles.